The zero-order chi connectivity index (χ0) is 9.42. The fourth-order valence-corrected chi connectivity index (χ4v) is 2.53. The Morgan fingerprint density at radius 3 is 2.77 bits per heavy atom. The van der Waals surface area contributed by atoms with Crippen LogP contribution in [-0.4, -0.2) is 0 Å². The first kappa shape index (κ1) is 8.80. The van der Waals surface area contributed by atoms with Gasteiger partial charge in [0.15, 0.2) is 0 Å². The molecule has 2 rings (SSSR count). The average molecular weight is 174 g/mol. The first-order valence-corrected chi connectivity index (χ1v) is 5.28. The molecule has 1 aliphatic carbocycles. The van der Waals surface area contributed by atoms with E-state index in [0.717, 1.165) is 11.8 Å². The molecule has 2 unspecified atom stereocenters. The molecule has 0 bridgehead atoms. The molecule has 0 fully saturated rings. The third-order valence-corrected chi connectivity index (χ3v) is 3.59. The van der Waals surface area contributed by atoms with Crippen molar-refractivity contribution in [1.29, 1.82) is 0 Å². The Balaban J connectivity index is 2.51. The summed E-state index contributed by atoms with van der Waals surface area (Å²) in [4.78, 5) is 0. The predicted octanol–water partition coefficient (Wildman–Crippen LogP) is 3.68. The Morgan fingerprint density at radius 1 is 1.23 bits per heavy atom. The maximum atomic E-state index is 2.38. The molecule has 0 heterocycles. The van der Waals surface area contributed by atoms with E-state index in [0.29, 0.717) is 0 Å². The first-order valence-electron chi connectivity index (χ1n) is 5.28. The lowest BCUT2D eigenvalue weighted by atomic mass is 9.75. The van der Waals surface area contributed by atoms with Gasteiger partial charge in [-0.05, 0) is 48.3 Å². The lowest BCUT2D eigenvalue weighted by Crippen LogP contribution is -2.16. The van der Waals surface area contributed by atoms with Gasteiger partial charge in [0.25, 0.3) is 0 Å². The molecule has 0 nitrogen and oxygen atoms in total. The normalized spacial score (nSPS) is 27.0. The molecule has 0 saturated heterocycles. The number of hydrogen-bond acceptors (Lipinski definition) is 0. The summed E-state index contributed by atoms with van der Waals surface area (Å²) < 4.78 is 0. The van der Waals surface area contributed by atoms with Gasteiger partial charge in [-0.1, -0.05) is 32.0 Å². The van der Waals surface area contributed by atoms with Crippen molar-refractivity contribution in [2.45, 2.75) is 39.5 Å². The zero-order valence-electron chi connectivity index (χ0n) is 8.80. The van der Waals surface area contributed by atoms with Crippen LogP contribution in [0.2, 0.25) is 0 Å². The maximum absolute atomic E-state index is 2.38. The summed E-state index contributed by atoms with van der Waals surface area (Å²) in [6, 6.07) is 6.73. The molecule has 1 aliphatic rings. The summed E-state index contributed by atoms with van der Waals surface area (Å²) in [6.45, 7) is 6.99. The van der Waals surface area contributed by atoms with Gasteiger partial charge >= 0.3 is 0 Å². The molecule has 70 valence electrons. The first-order chi connectivity index (χ1) is 6.20. The third-order valence-electron chi connectivity index (χ3n) is 3.59. The van der Waals surface area contributed by atoms with Gasteiger partial charge in [0.1, 0.15) is 0 Å². The van der Waals surface area contributed by atoms with Crippen LogP contribution in [-0.2, 0) is 6.42 Å². The van der Waals surface area contributed by atoms with Crippen molar-refractivity contribution >= 4 is 0 Å². The standard InChI is InChI=1S/C13H18/c1-9-7-8-12-6-4-5-10(2)13(12)11(9)3/h4-6,9,11H,7-8H2,1-3H3. The van der Waals surface area contributed by atoms with Crippen LogP contribution in [0.25, 0.3) is 0 Å². The van der Waals surface area contributed by atoms with Crippen LogP contribution in [0, 0.1) is 12.8 Å². The van der Waals surface area contributed by atoms with Crippen molar-refractivity contribution in [3.63, 3.8) is 0 Å². The van der Waals surface area contributed by atoms with E-state index in [-0.39, 0.29) is 0 Å². The summed E-state index contributed by atoms with van der Waals surface area (Å²) in [5, 5.41) is 0. The summed E-state index contributed by atoms with van der Waals surface area (Å²) in [5.74, 6) is 1.61. The van der Waals surface area contributed by atoms with E-state index >= 15 is 0 Å². The molecular formula is C13H18. The van der Waals surface area contributed by atoms with E-state index in [1.807, 2.05) is 0 Å². The van der Waals surface area contributed by atoms with Gasteiger partial charge in [-0.15, -0.1) is 0 Å². The van der Waals surface area contributed by atoms with Gasteiger partial charge in [-0.2, -0.15) is 0 Å². The molecule has 0 heteroatoms. The van der Waals surface area contributed by atoms with Crippen molar-refractivity contribution in [2.75, 3.05) is 0 Å². The SMILES string of the molecule is Cc1cccc2c1C(C)C(C)CC2. The second-order valence-electron chi connectivity index (χ2n) is 4.45. The third kappa shape index (κ3) is 1.39. The minimum Gasteiger partial charge on any atom is -0.0619 e. The van der Waals surface area contributed by atoms with Crippen LogP contribution >= 0.6 is 0 Å². The maximum Gasteiger partial charge on any atom is -0.0159 e. The summed E-state index contributed by atoms with van der Waals surface area (Å²) in [7, 11) is 0. The monoisotopic (exact) mass is 174 g/mol. The highest BCUT2D eigenvalue weighted by molar-refractivity contribution is 5.39. The molecule has 1 aromatic rings. The van der Waals surface area contributed by atoms with E-state index in [9.17, 15) is 0 Å². The van der Waals surface area contributed by atoms with Crippen LogP contribution in [0.4, 0.5) is 0 Å². The molecule has 1 aromatic carbocycles. The van der Waals surface area contributed by atoms with Crippen molar-refractivity contribution in [2.24, 2.45) is 5.92 Å². The largest absolute Gasteiger partial charge is 0.0619 e. The Bertz CT molecular complexity index is 312. The predicted molar refractivity (Wildman–Crippen MR) is 57.1 cm³/mol. The topological polar surface area (TPSA) is 0 Å². The molecule has 0 amide bonds. The van der Waals surface area contributed by atoms with Gasteiger partial charge in [0.2, 0.25) is 0 Å². The van der Waals surface area contributed by atoms with Crippen LogP contribution in [0.5, 0.6) is 0 Å². The van der Waals surface area contributed by atoms with Crippen molar-refractivity contribution in [3.05, 3.63) is 34.9 Å². The average Bonchev–Trinajstić information content (AvgIpc) is 2.12. The number of rotatable bonds is 0. The van der Waals surface area contributed by atoms with Crippen molar-refractivity contribution in [3.8, 4) is 0 Å². The van der Waals surface area contributed by atoms with Gasteiger partial charge in [0.05, 0.1) is 0 Å². The quantitative estimate of drug-likeness (QED) is 0.563. The lowest BCUT2D eigenvalue weighted by Gasteiger charge is -2.30. The highest BCUT2D eigenvalue weighted by Crippen LogP contribution is 2.37. The number of benzene rings is 1. The van der Waals surface area contributed by atoms with Gasteiger partial charge in [-0.25, -0.2) is 0 Å². The minimum absolute atomic E-state index is 0.755. The van der Waals surface area contributed by atoms with Crippen LogP contribution < -0.4 is 0 Å². The van der Waals surface area contributed by atoms with Gasteiger partial charge in [-0.3, -0.25) is 0 Å². The van der Waals surface area contributed by atoms with Crippen molar-refractivity contribution < 1.29 is 0 Å². The summed E-state index contributed by atoms with van der Waals surface area (Å²) >= 11 is 0. The van der Waals surface area contributed by atoms with Gasteiger partial charge < -0.3 is 0 Å². The van der Waals surface area contributed by atoms with Crippen LogP contribution in [0.1, 0.15) is 42.9 Å². The van der Waals surface area contributed by atoms with Crippen molar-refractivity contribution in [1.82, 2.24) is 0 Å². The molecule has 0 spiro atoms. The van der Waals surface area contributed by atoms with E-state index < -0.39 is 0 Å². The number of aryl methyl sites for hydroxylation is 2. The molecule has 0 saturated carbocycles. The lowest BCUT2D eigenvalue weighted by molar-refractivity contribution is 0.424. The number of hydrogen-bond donors (Lipinski definition) is 0. The Hall–Kier alpha value is -0.780. The minimum atomic E-state index is 0.755. The molecule has 2 atom stereocenters. The summed E-state index contributed by atoms with van der Waals surface area (Å²) in [6.07, 6.45) is 2.64. The fraction of sp³-hybridized carbons (Fsp3) is 0.538. The smallest absolute Gasteiger partial charge is 0.0159 e. The van der Waals surface area contributed by atoms with Crippen LogP contribution in [0.15, 0.2) is 18.2 Å². The van der Waals surface area contributed by atoms with E-state index in [1.165, 1.54) is 18.4 Å². The highest BCUT2D eigenvalue weighted by Gasteiger charge is 2.23. The Kier molecular flexibility index (Phi) is 2.15. The molecular weight excluding hydrogens is 156 g/mol. The van der Waals surface area contributed by atoms with Crippen LogP contribution in [0.3, 0.4) is 0 Å². The molecule has 0 N–H and O–H groups in total. The Labute approximate surface area is 81.0 Å². The second kappa shape index (κ2) is 3.17. The number of fused-ring (bicyclic) bond motifs is 1. The molecule has 0 radical (unpaired) electrons. The highest BCUT2D eigenvalue weighted by atomic mass is 14.3. The molecule has 0 aliphatic heterocycles. The van der Waals surface area contributed by atoms with E-state index in [1.54, 1.807) is 11.1 Å². The Morgan fingerprint density at radius 2 is 2.00 bits per heavy atom. The van der Waals surface area contributed by atoms with Gasteiger partial charge in [0, 0.05) is 0 Å². The van der Waals surface area contributed by atoms with E-state index in [4.69, 9.17) is 0 Å². The molecule has 0 aromatic heterocycles. The second-order valence-corrected chi connectivity index (χ2v) is 4.45. The molecule has 13 heavy (non-hydrogen) atoms. The summed E-state index contributed by atoms with van der Waals surface area (Å²) in [5.41, 5.74) is 4.70. The zero-order valence-corrected chi connectivity index (χ0v) is 8.80. The fourth-order valence-electron chi connectivity index (χ4n) is 2.53. The van der Waals surface area contributed by atoms with E-state index in [2.05, 4.69) is 39.0 Å².